The van der Waals surface area contributed by atoms with Crippen molar-refractivity contribution in [3.8, 4) is 5.75 Å². The Hall–Kier alpha value is -1.56. The van der Waals surface area contributed by atoms with E-state index in [2.05, 4.69) is 15.9 Å². The van der Waals surface area contributed by atoms with E-state index >= 15 is 0 Å². The van der Waals surface area contributed by atoms with Crippen LogP contribution in [0.15, 0.2) is 22.7 Å². The molecule has 0 heterocycles. The Morgan fingerprint density at radius 1 is 1.32 bits per heavy atom. The Kier molecular flexibility index (Phi) is 4.57. The number of hydrogen-bond acceptors (Lipinski definition) is 3. The number of carboxylic acids is 1. The van der Waals surface area contributed by atoms with Gasteiger partial charge in [0, 0.05) is 10.0 Å². The molecule has 0 atom stereocenters. The molecule has 1 amide bonds. The fourth-order valence-corrected chi connectivity index (χ4v) is 1.93. The molecule has 0 saturated heterocycles. The molecule has 0 radical (unpaired) electrons. The number of carbonyl (C=O) groups is 2. The molecule has 5 nitrogen and oxygen atoms in total. The van der Waals surface area contributed by atoms with Gasteiger partial charge in [0.25, 0.3) is 5.91 Å². The number of rotatable bonds is 3. The number of phenols is 1. The molecule has 0 fully saturated rings. The Bertz CT molecular complexity index is 508. The molecular formula is C13H16BrNO4. The van der Waals surface area contributed by atoms with Crippen LogP contribution in [0.4, 0.5) is 0 Å². The summed E-state index contributed by atoms with van der Waals surface area (Å²) in [4.78, 5) is 24.5. The molecule has 0 aliphatic rings. The molecule has 2 N–H and O–H groups in total. The van der Waals surface area contributed by atoms with Crippen LogP contribution in [0.2, 0.25) is 0 Å². The first-order chi connectivity index (χ1) is 8.62. The van der Waals surface area contributed by atoms with Gasteiger partial charge in [0.05, 0.1) is 5.56 Å². The van der Waals surface area contributed by atoms with Crippen molar-refractivity contribution < 1.29 is 19.8 Å². The molecule has 0 spiro atoms. The quantitative estimate of drug-likeness (QED) is 0.893. The summed E-state index contributed by atoms with van der Waals surface area (Å²) in [7, 11) is 0. The zero-order valence-electron chi connectivity index (χ0n) is 11.0. The molecule has 0 saturated carbocycles. The van der Waals surface area contributed by atoms with Gasteiger partial charge in [-0.1, -0.05) is 15.9 Å². The van der Waals surface area contributed by atoms with Crippen LogP contribution in [0.25, 0.3) is 0 Å². The Balaban J connectivity index is 3.19. The number of phenolic OH excluding ortho intramolecular Hbond substituents is 1. The van der Waals surface area contributed by atoms with Gasteiger partial charge < -0.3 is 15.1 Å². The Morgan fingerprint density at radius 2 is 1.89 bits per heavy atom. The Morgan fingerprint density at radius 3 is 2.37 bits per heavy atom. The van der Waals surface area contributed by atoms with E-state index in [1.165, 1.54) is 17.0 Å². The molecule has 1 aromatic carbocycles. The van der Waals surface area contributed by atoms with E-state index in [1.54, 1.807) is 26.8 Å². The second kappa shape index (κ2) is 5.61. The molecule has 0 unspecified atom stereocenters. The summed E-state index contributed by atoms with van der Waals surface area (Å²) in [5, 5.41) is 18.6. The van der Waals surface area contributed by atoms with Crippen molar-refractivity contribution in [2.75, 3.05) is 6.54 Å². The van der Waals surface area contributed by atoms with Crippen molar-refractivity contribution in [3.63, 3.8) is 0 Å². The van der Waals surface area contributed by atoms with Crippen LogP contribution < -0.4 is 0 Å². The topological polar surface area (TPSA) is 77.8 Å². The Labute approximate surface area is 120 Å². The average molecular weight is 330 g/mol. The third-order valence-corrected chi connectivity index (χ3v) is 3.03. The molecule has 0 bridgehead atoms. The molecule has 104 valence electrons. The van der Waals surface area contributed by atoms with E-state index in [4.69, 9.17) is 5.11 Å². The van der Waals surface area contributed by atoms with Crippen LogP contribution in [-0.4, -0.2) is 39.1 Å². The van der Waals surface area contributed by atoms with E-state index in [0.29, 0.717) is 4.47 Å². The number of nitrogens with zero attached hydrogens (tertiary/aromatic N) is 1. The summed E-state index contributed by atoms with van der Waals surface area (Å²) in [6.07, 6.45) is 0. The summed E-state index contributed by atoms with van der Waals surface area (Å²) in [6, 6.07) is 4.46. The van der Waals surface area contributed by atoms with Crippen molar-refractivity contribution in [1.82, 2.24) is 4.90 Å². The van der Waals surface area contributed by atoms with Crippen LogP contribution in [0.1, 0.15) is 31.1 Å². The molecule has 0 aliphatic heterocycles. The number of halogens is 1. The molecule has 0 aliphatic carbocycles. The van der Waals surface area contributed by atoms with Crippen LogP contribution in [0.5, 0.6) is 5.75 Å². The summed E-state index contributed by atoms with van der Waals surface area (Å²) >= 11 is 3.22. The standard InChI is InChI=1S/C13H16BrNO4/c1-13(2,3)15(7-11(17)18)12(19)9-6-8(14)4-5-10(9)16/h4-6,16H,7H2,1-3H3,(H,17,18). The first-order valence-electron chi connectivity index (χ1n) is 5.65. The van der Waals surface area contributed by atoms with Crippen molar-refractivity contribution in [3.05, 3.63) is 28.2 Å². The molecule has 19 heavy (non-hydrogen) atoms. The van der Waals surface area contributed by atoms with Crippen LogP contribution in [0.3, 0.4) is 0 Å². The van der Waals surface area contributed by atoms with E-state index in [9.17, 15) is 14.7 Å². The van der Waals surface area contributed by atoms with Crippen molar-refractivity contribution in [2.45, 2.75) is 26.3 Å². The third-order valence-electron chi connectivity index (χ3n) is 2.54. The molecule has 6 heteroatoms. The maximum absolute atomic E-state index is 12.4. The third kappa shape index (κ3) is 3.96. The lowest BCUT2D eigenvalue weighted by atomic mass is 10.0. The van der Waals surface area contributed by atoms with Crippen LogP contribution in [-0.2, 0) is 4.79 Å². The van der Waals surface area contributed by atoms with E-state index in [1.807, 2.05) is 0 Å². The number of amides is 1. The second-order valence-electron chi connectivity index (χ2n) is 5.12. The number of aliphatic carboxylic acids is 1. The highest BCUT2D eigenvalue weighted by atomic mass is 79.9. The maximum atomic E-state index is 12.4. The van der Waals surface area contributed by atoms with Crippen LogP contribution >= 0.6 is 15.9 Å². The van der Waals surface area contributed by atoms with E-state index < -0.39 is 24.0 Å². The summed E-state index contributed by atoms with van der Waals surface area (Å²) in [5.74, 6) is -1.79. The van der Waals surface area contributed by atoms with Gasteiger partial charge in [-0.3, -0.25) is 9.59 Å². The van der Waals surface area contributed by atoms with Crippen molar-refractivity contribution >= 4 is 27.8 Å². The summed E-state index contributed by atoms with van der Waals surface area (Å²) < 4.78 is 0.637. The lowest BCUT2D eigenvalue weighted by Crippen LogP contribution is -2.48. The van der Waals surface area contributed by atoms with Gasteiger partial charge in [-0.25, -0.2) is 0 Å². The van der Waals surface area contributed by atoms with Gasteiger partial charge in [0.1, 0.15) is 12.3 Å². The predicted molar refractivity (Wildman–Crippen MR) is 74.2 cm³/mol. The van der Waals surface area contributed by atoms with E-state index in [-0.39, 0.29) is 11.3 Å². The first-order valence-corrected chi connectivity index (χ1v) is 6.44. The lowest BCUT2D eigenvalue weighted by molar-refractivity contribution is -0.138. The molecule has 1 rings (SSSR count). The number of carboxylic acid groups (broad SMARTS) is 1. The predicted octanol–water partition coefficient (Wildman–Crippen LogP) is 2.48. The van der Waals surface area contributed by atoms with Gasteiger partial charge in [-0.15, -0.1) is 0 Å². The number of hydrogen-bond donors (Lipinski definition) is 2. The van der Waals surface area contributed by atoms with E-state index in [0.717, 1.165) is 0 Å². The smallest absolute Gasteiger partial charge is 0.323 e. The minimum atomic E-state index is -1.10. The fourth-order valence-electron chi connectivity index (χ4n) is 1.57. The van der Waals surface area contributed by atoms with Gasteiger partial charge in [-0.05, 0) is 39.0 Å². The molecule has 1 aromatic rings. The minimum Gasteiger partial charge on any atom is -0.507 e. The number of aromatic hydroxyl groups is 1. The first kappa shape index (κ1) is 15.5. The highest BCUT2D eigenvalue weighted by molar-refractivity contribution is 9.10. The summed E-state index contributed by atoms with van der Waals surface area (Å²) in [5.41, 5.74) is -0.588. The van der Waals surface area contributed by atoms with Gasteiger partial charge in [0.15, 0.2) is 0 Å². The maximum Gasteiger partial charge on any atom is 0.323 e. The van der Waals surface area contributed by atoms with Gasteiger partial charge in [-0.2, -0.15) is 0 Å². The van der Waals surface area contributed by atoms with Crippen molar-refractivity contribution in [2.24, 2.45) is 0 Å². The monoisotopic (exact) mass is 329 g/mol. The van der Waals surface area contributed by atoms with Gasteiger partial charge in [0.2, 0.25) is 0 Å². The number of carbonyl (C=O) groups excluding carboxylic acids is 1. The highest BCUT2D eigenvalue weighted by Crippen LogP contribution is 2.26. The highest BCUT2D eigenvalue weighted by Gasteiger charge is 2.30. The number of benzene rings is 1. The zero-order chi connectivity index (χ0) is 14.8. The van der Waals surface area contributed by atoms with Crippen molar-refractivity contribution in [1.29, 1.82) is 0 Å². The fraction of sp³-hybridized carbons (Fsp3) is 0.385. The largest absolute Gasteiger partial charge is 0.507 e. The molecule has 0 aromatic heterocycles. The summed E-state index contributed by atoms with van der Waals surface area (Å²) in [6.45, 7) is 4.79. The van der Waals surface area contributed by atoms with Gasteiger partial charge >= 0.3 is 5.97 Å². The van der Waals surface area contributed by atoms with Crippen LogP contribution in [0, 0.1) is 0 Å². The second-order valence-corrected chi connectivity index (χ2v) is 6.03. The average Bonchev–Trinajstić information content (AvgIpc) is 2.26. The lowest BCUT2D eigenvalue weighted by Gasteiger charge is -2.34. The normalized spacial score (nSPS) is 11.2. The SMILES string of the molecule is CC(C)(C)N(CC(=O)O)C(=O)c1cc(Br)ccc1O. The minimum absolute atomic E-state index is 0.0746. The molecular weight excluding hydrogens is 314 g/mol. The zero-order valence-corrected chi connectivity index (χ0v) is 12.6.